The summed E-state index contributed by atoms with van der Waals surface area (Å²) in [4.78, 5) is 15.1. The molecular formula is C14H17N3O3. The van der Waals surface area contributed by atoms with Gasteiger partial charge >= 0.3 is 12.0 Å². The Kier molecular flexibility index (Phi) is 4.70. The predicted octanol–water partition coefficient (Wildman–Crippen LogP) is 2.29. The molecule has 1 atom stereocenters. The van der Waals surface area contributed by atoms with Gasteiger partial charge in [0.1, 0.15) is 6.33 Å². The molecule has 1 aromatic heterocycles. The van der Waals surface area contributed by atoms with Crippen LogP contribution in [0.15, 0.2) is 36.7 Å². The van der Waals surface area contributed by atoms with Crippen LogP contribution in [0.3, 0.4) is 0 Å². The number of para-hydroxylation sites is 1. The highest BCUT2D eigenvalue weighted by Crippen LogP contribution is 2.12. The van der Waals surface area contributed by atoms with E-state index in [2.05, 4.69) is 10.1 Å². The van der Waals surface area contributed by atoms with E-state index in [9.17, 15) is 4.79 Å². The van der Waals surface area contributed by atoms with Gasteiger partial charge < -0.3 is 9.84 Å². The van der Waals surface area contributed by atoms with Crippen LogP contribution in [0.2, 0.25) is 0 Å². The van der Waals surface area contributed by atoms with E-state index < -0.39 is 12.1 Å². The average molecular weight is 275 g/mol. The number of hydrogen-bond acceptors (Lipinski definition) is 4. The lowest BCUT2D eigenvalue weighted by molar-refractivity contribution is -0.145. The molecule has 2 aromatic rings. The summed E-state index contributed by atoms with van der Waals surface area (Å²) in [6.45, 7) is 2.00. The summed E-state index contributed by atoms with van der Waals surface area (Å²) in [5.41, 5.74) is 0.843. The van der Waals surface area contributed by atoms with Gasteiger partial charge in [0.2, 0.25) is 0 Å². The number of unbranched alkanes of at least 4 members (excludes halogenated alkanes) is 1. The van der Waals surface area contributed by atoms with Gasteiger partial charge in [-0.15, -0.1) is 5.10 Å². The number of nitrogens with zero attached hydrogens (tertiary/aromatic N) is 3. The van der Waals surface area contributed by atoms with Crippen LogP contribution in [0.1, 0.15) is 26.2 Å². The highest BCUT2D eigenvalue weighted by Gasteiger charge is 2.20. The number of hydrogen-bond donors (Lipinski definition) is 1. The molecule has 20 heavy (non-hydrogen) atoms. The Morgan fingerprint density at radius 1 is 1.40 bits per heavy atom. The second-order valence-electron chi connectivity index (χ2n) is 4.39. The fourth-order valence-electron chi connectivity index (χ4n) is 1.76. The SMILES string of the molecule is CCCCC(Oc1ncn(-c2ccccc2)n1)C(=O)O. The van der Waals surface area contributed by atoms with Crippen LogP contribution in [0.25, 0.3) is 5.69 Å². The molecule has 0 aliphatic heterocycles. The Balaban J connectivity index is 2.06. The zero-order valence-corrected chi connectivity index (χ0v) is 11.3. The van der Waals surface area contributed by atoms with Gasteiger partial charge in [-0.05, 0) is 25.0 Å². The minimum atomic E-state index is -0.991. The number of carboxylic acids is 1. The molecule has 106 valence electrons. The van der Waals surface area contributed by atoms with Gasteiger partial charge in [-0.2, -0.15) is 4.98 Å². The maximum atomic E-state index is 11.1. The summed E-state index contributed by atoms with van der Waals surface area (Å²) in [6, 6.07) is 9.52. The smallest absolute Gasteiger partial charge is 0.345 e. The summed E-state index contributed by atoms with van der Waals surface area (Å²) in [7, 11) is 0. The van der Waals surface area contributed by atoms with Crippen molar-refractivity contribution in [3.8, 4) is 11.7 Å². The maximum absolute atomic E-state index is 11.1. The largest absolute Gasteiger partial charge is 0.479 e. The molecule has 0 radical (unpaired) electrons. The second kappa shape index (κ2) is 6.70. The molecule has 1 heterocycles. The monoisotopic (exact) mass is 275 g/mol. The van der Waals surface area contributed by atoms with Gasteiger partial charge in [0.25, 0.3) is 0 Å². The lowest BCUT2D eigenvalue weighted by Crippen LogP contribution is -2.27. The molecule has 0 amide bonds. The molecule has 0 fully saturated rings. The molecule has 0 spiro atoms. The van der Waals surface area contributed by atoms with Crippen LogP contribution in [-0.4, -0.2) is 31.9 Å². The molecule has 1 unspecified atom stereocenters. The van der Waals surface area contributed by atoms with Crippen molar-refractivity contribution in [1.29, 1.82) is 0 Å². The van der Waals surface area contributed by atoms with Crippen molar-refractivity contribution < 1.29 is 14.6 Å². The summed E-state index contributed by atoms with van der Waals surface area (Å²) < 4.78 is 6.89. The zero-order chi connectivity index (χ0) is 14.4. The van der Waals surface area contributed by atoms with E-state index in [0.717, 1.165) is 18.5 Å². The topological polar surface area (TPSA) is 77.2 Å². The zero-order valence-electron chi connectivity index (χ0n) is 11.3. The molecule has 2 rings (SSSR count). The van der Waals surface area contributed by atoms with E-state index in [1.807, 2.05) is 37.3 Å². The minimum absolute atomic E-state index is 0.0809. The van der Waals surface area contributed by atoms with Crippen LogP contribution in [0.5, 0.6) is 6.01 Å². The van der Waals surface area contributed by atoms with Gasteiger partial charge in [-0.25, -0.2) is 9.48 Å². The fraction of sp³-hybridized carbons (Fsp3) is 0.357. The normalized spacial score (nSPS) is 12.1. The van der Waals surface area contributed by atoms with Crippen LogP contribution in [-0.2, 0) is 4.79 Å². The Bertz CT molecular complexity index is 554. The summed E-state index contributed by atoms with van der Waals surface area (Å²) in [5, 5.41) is 13.2. The third-order valence-corrected chi connectivity index (χ3v) is 2.83. The molecule has 1 N–H and O–H groups in total. The molecule has 0 aliphatic rings. The predicted molar refractivity (Wildman–Crippen MR) is 72.9 cm³/mol. The van der Waals surface area contributed by atoms with E-state index in [1.54, 1.807) is 4.68 Å². The highest BCUT2D eigenvalue weighted by molar-refractivity contribution is 5.72. The van der Waals surface area contributed by atoms with E-state index >= 15 is 0 Å². The third-order valence-electron chi connectivity index (χ3n) is 2.83. The number of aromatic nitrogens is 3. The molecule has 6 heteroatoms. The lowest BCUT2D eigenvalue weighted by atomic mass is 10.2. The van der Waals surface area contributed by atoms with E-state index in [4.69, 9.17) is 9.84 Å². The van der Waals surface area contributed by atoms with Gasteiger partial charge in [-0.3, -0.25) is 0 Å². The quantitative estimate of drug-likeness (QED) is 0.838. The molecule has 1 aromatic carbocycles. The van der Waals surface area contributed by atoms with Crippen molar-refractivity contribution in [2.24, 2.45) is 0 Å². The number of benzene rings is 1. The average Bonchev–Trinajstić information content (AvgIpc) is 2.92. The number of rotatable bonds is 7. The van der Waals surface area contributed by atoms with Crippen molar-refractivity contribution in [2.45, 2.75) is 32.3 Å². The fourth-order valence-corrected chi connectivity index (χ4v) is 1.76. The van der Waals surface area contributed by atoms with Crippen molar-refractivity contribution in [1.82, 2.24) is 14.8 Å². The first-order chi connectivity index (χ1) is 9.70. The number of ether oxygens (including phenoxy) is 1. The van der Waals surface area contributed by atoms with Gasteiger partial charge in [-0.1, -0.05) is 31.5 Å². The van der Waals surface area contributed by atoms with E-state index in [1.165, 1.54) is 6.33 Å². The number of carbonyl (C=O) groups is 1. The molecule has 0 saturated carbocycles. The van der Waals surface area contributed by atoms with Crippen LogP contribution >= 0.6 is 0 Å². The minimum Gasteiger partial charge on any atom is -0.479 e. The van der Waals surface area contributed by atoms with Gasteiger partial charge in [0, 0.05) is 0 Å². The number of carboxylic acid groups (broad SMARTS) is 1. The standard InChI is InChI=1S/C14H17N3O3/c1-2-3-9-12(13(18)19)20-14-15-10-17(16-14)11-7-5-4-6-8-11/h4-8,10,12H,2-3,9H2,1H3,(H,18,19). The molecular weight excluding hydrogens is 258 g/mol. The van der Waals surface area contributed by atoms with Crippen LogP contribution in [0, 0.1) is 0 Å². The van der Waals surface area contributed by atoms with E-state index in [-0.39, 0.29) is 6.01 Å². The van der Waals surface area contributed by atoms with Crippen molar-refractivity contribution in [2.75, 3.05) is 0 Å². The summed E-state index contributed by atoms with van der Waals surface area (Å²) >= 11 is 0. The van der Waals surface area contributed by atoms with E-state index in [0.29, 0.717) is 6.42 Å². The highest BCUT2D eigenvalue weighted by atomic mass is 16.5. The first kappa shape index (κ1) is 14.0. The van der Waals surface area contributed by atoms with Crippen molar-refractivity contribution >= 4 is 5.97 Å². The third kappa shape index (κ3) is 3.57. The number of aliphatic carboxylic acids is 1. The van der Waals surface area contributed by atoms with Crippen molar-refractivity contribution in [3.05, 3.63) is 36.7 Å². The second-order valence-corrected chi connectivity index (χ2v) is 4.39. The molecule has 0 bridgehead atoms. The Morgan fingerprint density at radius 2 is 2.15 bits per heavy atom. The first-order valence-electron chi connectivity index (χ1n) is 6.57. The molecule has 6 nitrogen and oxygen atoms in total. The van der Waals surface area contributed by atoms with Crippen LogP contribution in [0.4, 0.5) is 0 Å². The maximum Gasteiger partial charge on any atom is 0.345 e. The Morgan fingerprint density at radius 3 is 2.80 bits per heavy atom. The Hall–Kier alpha value is -2.37. The Labute approximate surface area is 117 Å². The van der Waals surface area contributed by atoms with Gasteiger partial charge in [0.05, 0.1) is 5.69 Å². The summed E-state index contributed by atoms with van der Waals surface area (Å²) in [5.74, 6) is -0.991. The molecule has 0 saturated heterocycles. The lowest BCUT2D eigenvalue weighted by Gasteiger charge is -2.11. The van der Waals surface area contributed by atoms with Gasteiger partial charge in [0.15, 0.2) is 6.10 Å². The van der Waals surface area contributed by atoms with Crippen LogP contribution < -0.4 is 4.74 Å². The molecule has 0 aliphatic carbocycles. The first-order valence-corrected chi connectivity index (χ1v) is 6.57. The van der Waals surface area contributed by atoms with Crippen molar-refractivity contribution in [3.63, 3.8) is 0 Å². The summed E-state index contributed by atoms with van der Waals surface area (Å²) in [6.07, 6.45) is 2.76.